The van der Waals surface area contributed by atoms with Gasteiger partial charge in [-0.3, -0.25) is 4.79 Å². The molecule has 0 aliphatic carbocycles. The Morgan fingerprint density at radius 2 is 1.94 bits per heavy atom. The van der Waals surface area contributed by atoms with Crippen molar-refractivity contribution in [1.82, 2.24) is 9.61 Å². The van der Waals surface area contributed by atoms with Crippen LogP contribution in [0.4, 0.5) is 8.78 Å². The summed E-state index contributed by atoms with van der Waals surface area (Å²) in [6, 6.07) is 7.26. The number of nitrogens with zero attached hydrogens (tertiary/aromatic N) is 2. The lowest BCUT2D eigenvalue weighted by atomic mass is 9.92. The van der Waals surface area contributed by atoms with Crippen LogP contribution in [0.5, 0.6) is 0 Å². The van der Waals surface area contributed by atoms with Crippen LogP contribution in [0.25, 0.3) is 22.9 Å². The second-order valence-electron chi connectivity index (χ2n) is 7.71. The number of aromatic nitrogens is 2. The molecule has 0 saturated carbocycles. The molecule has 164 valence electrons. The maximum absolute atomic E-state index is 13.9. The molecule has 0 bridgehead atoms. The Morgan fingerprint density at radius 3 is 2.58 bits per heavy atom. The Bertz CT molecular complexity index is 1120. The van der Waals surface area contributed by atoms with Crippen molar-refractivity contribution < 1.29 is 28.9 Å². The maximum atomic E-state index is 13.9. The average Bonchev–Trinajstić information content (AvgIpc) is 3.14. The summed E-state index contributed by atoms with van der Waals surface area (Å²) in [5.74, 6) is -3.08. The van der Waals surface area contributed by atoms with E-state index in [4.69, 9.17) is 5.11 Å². The highest BCUT2D eigenvalue weighted by molar-refractivity contribution is 5.79. The van der Waals surface area contributed by atoms with E-state index in [2.05, 4.69) is 5.10 Å². The predicted molar refractivity (Wildman–Crippen MR) is 113 cm³/mol. The minimum Gasteiger partial charge on any atom is -0.481 e. The highest BCUT2D eigenvalue weighted by atomic mass is 19.2. The van der Waals surface area contributed by atoms with Gasteiger partial charge in [-0.25, -0.2) is 13.3 Å². The fourth-order valence-corrected chi connectivity index (χ4v) is 3.58. The van der Waals surface area contributed by atoms with Gasteiger partial charge in [0.25, 0.3) is 0 Å². The van der Waals surface area contributed by atoms with Gasteiger partial charge >= 0.3 is 5.97 Å². The third-order valence-corrected chi connectivity index (χ3v) is 4.94. The number of carboxylic acids is 1. The number of hydrogen-bond acceptors (Lipinski definition) is 4. The van der Waals surface area contributed by atoms with Gasteiger partial charge in [0.2, 0.25) is 0 Å². The summed E-state index contributed by atoms with van der Waals surface area (Å²) in [6.45, 7) is 3.98. The van der Waals surface area contributed by atoms with Gasteiger partial charge in [-0.05, 0) is 41.8 Å². The van der Waals surface area contributed by atoms with Gasteiger partial charge in [-0.2, -0.15) is 5.10 Å². The molecule has 3 aromatic rings. The van der Waals surface area contributed by atoms with E-state index >= 15 is 0 Å². The van der Waals surface area contributed by atoms with Crippen LogP contribution in [0.15, 0.2) is 42.6 Å². The zero-order valence-electron chi connectivity index (χ0n) is 17.2. The van der Waals surface area contributed by atoms with Gasteiger partial charge in [0.1, 0.15) is 0 Å². The van der Waals surface area contributed by atoms with E-state index in [1.54, 1.807) is 16.8 Å². The molecule has 2 atom stereocenters. The first kappa shape index (κ1) is 22.6. The highest BCUT2D eigenvalue weighted by Crippen LogP contribution is 2.33. The molecular weight excluding hydrogens is 406 g/mol. The van der Waals surface area contributed by atoms with E-state index in [9.17, 15) is 23.8 Å². The summed E-state index contributed by atoms with van der Waals surface area (Å²) in [5.41, 5.74) is 3.13. The second kappa shape index (κ2) is 9.36. The van der Waals surface area contributed by atoms with Gasteiger partial charge in [0.05, 0.1) is 29.8 Å². The van der Waals surface area contributed by atoms with Crippen LogP contribution in [0.1, 0.15) is 43.7 Å². The Morgan fingerprint density at radius 1 is 1.19 bits per heavy atom. The van der Waals surface area contributed by atoms with Crippen molar-refractivity contribution >= 4 is 17.6 Å². The molecular formula is C23H24F2N2O4. The first-order valence-electron chi connectivity index (χ1n) is 9.90. The summed E-state index contributed by atoms with van der Waals surface area (Å²) in [5, 5.41) is 33.4. The van der Waals surface area contributed by atoms with Crippen LogP contribution < -0.4 is 0 Å². The minimum atomic E-state index is -1.20. The monoisotopic (exact) mass is 430 g/mol. The van der Waals surface area contributed by atoms with E-state index < -0.39 is 36.2 Å². The van der Waals surface area contributed by atoms with Crippen molar-refractivity contribution in [3.8, 4) is 11.3 Å². The Balaban J connectivity index is 2.10. The summed E-state index contributed by atoms with van der Waals surface area (Å²) in [6.07, 6.45) is 1.91. The molecule has 0 saturated heterocycles. The summed E-state index contributed by atoms with van der Waals surface area (Å²) in [4.78, 5) is 10.7. The molecule has 0 aliphatic rings. The molecule has 2 unspecified atom stereocenters. The van der Waals surface area contributed by atoms with Crippen LogP contribution >= 0.6 is 0 Å². The molecule has 2 aromatic heterocycles. The van der Waals surface area contributed by atoms with E-state index in [-0.39, 0.29) is 12.3 Å². The lowest BCUT2D eigenvalue weighted by Crippen LogP contribution is -2.19. The van der Waals surface area contributed by atoms with Gasteiger partial charge in [-0.15, -0.1) is 0 Å². The number of benzene rings is 1. The molecule has 8 heteroatoms. The first-order chi connectivity index (χ1) is 14.7. The lowest BCUT2D eigenvalue weighted by molar-refractivity contribution is -0.139. The maximum Gasteiger partial charge on any atom is 0.305 e. The number of aliphatic hydroxyl groups excluding tert-OH is 2. The zero-order valence-corrected chi connectivity index (χ0v) is 17.2. The fraction of sp³-hybridized carbons (Fsp3) is 0.304. The second-order valence-corrected chi connectivity index (χ2v) is 7.71. The number of carbonyl (C=O) groups is 1. The van der Waals surface area contributed by atoms with E-state index in [0.29, 0.717) is 16.8 Å². The molecule has 1 aromatic carbocycles. The van der Waals surface area contributed by atoms with Gasteiger partial charge < -0.3 is 15.3 Å². The van der Waals surface area contributed by atoms with Crippen molar-refractivity contribution in [3.63, 3.8) is 0 Å². The van der Waals surface area contributed by atoms with Gasteiger partial charge in [-0.1, -0.05) is 26.0 Å². The van der Waals surface area contributed by atoms with E-state index in [1.807, 2.05) is 26.0 Å². The molecule has 3 N–H and O–H groups in total. The van der Waals surface area contributed by atoms with Crippen LogP contribution in [-0.4, -0.2) is 43.1 Å². The molecule has 0 amide bonds. The Labute approximate surface area is 178 Å². The number of carboxylic acid groups (broad SMARTS) is 1. The van der Waals surface area contributed by atoms with E-state index in [1.165, 1.54) is 12.1 Å². The smallest absolute Gasteiger partial charge is 0.305 e. The van der Waals surface area contributed by atoms with Crippen molar-refractivity contribution in [2.45, 2.75) is 44.8 Å². The molecule has 2 heterocycles. The van der Waals surface area contributed by atoms with Crippen LogP contribution in [0.2, 0.25) is 0 Å². The molecule has 0 aliphatic heterocycles. The molecule has 3 rings (SSSR count). The van der Waals surface area contributed by atoms with Crippen LogP contribution in [0, 0.1) is 11.6 Å². The van der Waals surface area contributed by atoms with E-state index in [0.717, 1.165) is 23.2 Å². The topological polar surface area (TPSA) is 95.1 Å². The SMILES string of the molecule is CC(C)c1c(/C=C/C(O)CC(O)CC(=O)O)c(-c2ccc(F)c(F)c2)nn2cccc12. The standard InChI is InChI=1S/C23H24F2N2O4/c1-13(2)22-17(7-6-15(28)11-16(29)12-21(30)31)23(26-27-9-3-4-20(22)27)14-5-8-18(24)19(25)10-14/h3-10,13,15-16,28-29H,11-12H2,1-2H3,(H,30,31)/b7-6+. The number of halogens is 2. The first-order valence-corrected chi connectivity index (χ1v) is 9.90. The fourth-order valence-electron chi connectivity index (χ4n) is 3.58. The molecule has 0 spiro atoms. The quantitative estimate of drug-likeness (QED) is 0.502. The van der Waals surface area contributed by atoms with Gasteiger partial charge in [0.15, 0.2) is 11.6 Å². The third-order valence-electron chi connectivity index (χ3n) is 4.94. The lowest BCUT2D eigenvalue weighted by Gasteiger charge is -2.17. The number of rotatable bonds is 8. The van der Waals surface area contributed by atoms with Crippen molar-refractivity contribution in [2.24, 2.45) is 0 Å². The molecule has 0 fully saturated rings. The summed E-state index contributed by atoms with van der Waals surface area (Å²) < 4.78 is 29.1. The molecule has 0 radical (unpaired) electrons. The summed E-state index contributed by atoms with van der Waals surface area (Å²) >= 11 is 0. The number of aliphatic carboxylic acids is 1. The van der Waals surface area contributed by atoms with Crippen LogP contribution in [-0.2, 0) is 4.79 Å². The molecule has 6 nitrogen and oxygen atoms in total. The third kappa shape index (κ3) is 5.15. The number of hydrogen-bond donors (Lipinski definition) is 3. The highest BCUT2D eigenvalue weighted by Gasteiger charge is 2.19. The Hall–Kier alpha value is -3.10. The predicted octanol–water partition coefficient (Wildman–Crippen LogP) is 4.00. The minimum absolute atomic E-state index is 0.0406. The van der Waals surface area contributed by atoms with Crippen molar-refractivity contribution in [2.75, 3.05) is 0 Å². The molecule has 31 heavy (non-hydrogen) atoms. The number of fused-ring (bicyclic) bond motifs is 1. The average molecular weight is 430 g/mol. The van der Waals surface area contributed by atoms with Crippen LogP contribution in [0.3, 0.4) is 0 Å². The Kier molecular flexibility index (Phi) is 6.82. The zero-order chi connectivity index (χ0) is 22.7. The van der Waals surface area contributed by atoms with Crippen molar-refractivity contribution in [1.29, 1.82) is 0 Å². The van der Waals surface area contributed by atoms with Gasteiger partial charge in [0, 0.05) is 23.7 Å². The largest absolute Gasteiger partial charge is 0.481 e. The normalized spacial score (nSPS) is 13.9. The summed E-state index contributed by atoms with van der Waals surface area (Å²) in [7, 11) is 0. The number of aliphatic hydroxyl groups is 2. The van der Waals surface area contributed by atoms with Crippen molar-refractivity contribution in [3.05, 3.63) is 65.4 Å².